The van der Waals surface area contributed by atoms with Crippen molar-refractivity contribution in [1.29, 1.82) is 0 Å². The second-order valence-corrected chi connectivity index (χ2v) is 6.71. The molecule has 1 atom stereocenters. The van der Waals surface area contributed by atoms with Crippen LogP contribution >= 0.6 is 0 Å². The molecule has 26 heavy (non-hydrogen) atoms. The lowest BCUT2D eigenvalue weighted by Gasteiger charge is -2.35. The van der Waals surface area contributed by atoms with Gasteiger partial charge in [0.25, 0.3) is 0 Å². The van der Waals surface area contributed by atoms with E-state index in [4.69, 9.17) is 9.47 Å². The van der Waals surface area contributed by atoms with E-state index in [1.165, 1.54) is 5.56 Å². The summed E-state index contributed by atoms with van der Waals surface area (Å²) in [4.78, 5) is 4.77. The topological polar surface area (TPSA) is 45.2 Å². The van der Waals surface area contributed by atoms with Crippen molar-refractivity contribution in [2.45, 2.75) is 12.6 Å². The molecule has 0 spiro atoms. The van der Waals surface area contributed by atoms with E-state index in [9.17, 15) is 5.11 Å². The van der Waals surface area contributed by atoms with Crippen LogP contribution in [0.3, 0.4) is 0 Å². The van der Waals surface area contributed by atoms with Gasteiger partial charge in [-0.2, -0.15) is 0 Å². The molecule has 2 aromatic carbocycles. The van der Waals surface area contributed by atoms with Crippen molar-refractivity contribution in [3.8, 4) is 11.5 Å². The highest BCUT2D eigenvalue weighted by Gasteiger charge is 2.19. The summed E-state index contributed by atoms with van der Waals surface area (Å²) in [5.41, 5.74) is 1.35. The van der Waals surface area contributed by atoms with Crippen molar-refractivity contribution in [2.24, 2.45) is 0 Å². The van der Waals surface area contributed by atoms with Crippen LogP contribution in [0.4, 0.5) is 0 Å². The first-order valence-corrected chi connectivity index (χ1v) is 9.16. The van der Waals surface area contributed by atoms with Crippen molar-refractivity contribution < 1.29 is 14.6 Å². The summed E-state index contributed by atoms with van der Waals surface area (Å²) in [6.07, 6.45) is -0.498. The highest BCUT2D eigenvalue weighted by atomic mass is 16.5. The number of ether oxygens (including phenoxy) is 2. The van der Waals surface area contributed by atoms with E-state index in [1.807, 2.05) is 24.3 Å². The predicted octanol–water partition coefficient (Wildman–Crippen LogP) is 2.25. The number of hydrogen-bond donors (Lipinski definition) is 1. The number of β-amino-alcohol motifs (C(OH)–C–C–N with tert-alkyl or cyclic N) is 1. The van der Waals surface area contributed by atoms with Gasteiger partial charge in [-0.1, -0.05) is 36.4 Å². The molecule has 1 aliphatic rings. The first kappa shape index (κ1) is 18.7. The lowest BCUT2D eigenvalue weighted by atomic mass is 10.2. The summed E-state index contributed by atoms with van der Waals surface area (Å²) in [7, 11) is 1.63. The van der Waals surface area contributed by atoms with E-state index in [2.05, 4.69) is 40.1 Å². The fourth-order valence-corrected chi connectivity index (χ4v) is 3.21. The second kappa shape index (κ2) is 9.57. The molecule has 0 aliphatic carbocycles. The zero-order chi connectivity index (χ0) is 18.2. The normalized spacial score (nSPS) is 17.0. The van der Waals surface area contributed by atoms with Crippen molar-refractivity contribution in [2.75, 3.05) is 46.4 Å². The van der Waals surface area contributed by atoms with Gasteiger partial charge in [-0.15, -0.1) is 0 Å². The van der Waals surface area contributed by atoms with Gasteiger partial charge < -0.3 is 14.6 Å². The zero-order valence-electron chi connectivity index (χ0n) is 15.4. The molecule has 1 saturated heterocycles. The Kier molecular flexibility index (Phi) is 6.89. The number of methoxy groups -OCH3 is 1. The molecule has 1 heterocycles. The van der Waals surface area contributed by atoms with Crippen LogP contribution in [0.15, 0.2) is 54.6 Å². The Morgan fingerprint density at radius 3 is 2.35 bits per heavy atom. The fraction of sp³-hybridized carbons (Fsp3) is 0.429. The number of hydrogen-bond acceptors (Lipinski definition) is 5. The van der Waals surface area contributed by atoms with Crippen LogP contribution in [0.2, 0.25) is 0 Å². The Labute approximate surface area is 155 Å². The predicted molar refractivity (Wildman–Crippen MR) is 103 cm³/mol. The lowest BCUT2D eigenvalue weighted by Crippen LogP contribution is -2.48. The molecule has 0 saturated carbocycles. The van der Waals surface area contributed by atoms with Gasteiger partial charge >= 0.3 is 0 Å². The maximum absolute atomic E-state index is 10.3. The molecule has 0 bridgehead atoms. The molecule has 1 fully saturated rings. The molecule has 0 amide bonds. The van der Waals surface area contributed by atoms with Crippen molar-refractivity contribution >= 4 is 0 Å². The van der Waals surface area contributed by atoms with Gasteiger partial charge in [-0.3, -0.25) is 9.80 Å². The Morgan fingerprint density at radius 2 is 1.62 bits per heavy atom. The van der Waals surface area contributed by atoms with E-state index < -0.39 is 6.10 Å². The average Bonchev–Trinajstić information content (AvgIpc) is 2.69. The minimum absolute atomic E-state index is 0.289. The summed E-state index contributed by atoms with van der Waals surface area (Å²) >= 11 is 0. The largest absolute Gasteiger partial charge is 0.497 e. The van der Waals surface area contributed by atoms with Gasteiger partial charge in [-0.05, 0) is 17.7 Å². The summed E-state index contributed by atoms with van der Waals surface area (Å²) in [6.45, 7) is 5.93. The molecule has 1 N–H and O–H groups in total. The van der Waals surface area contributed by atoms with Crippen LogP contribution in [-0.4, -0.2) is 67.5 Å². The van der Waals surface area contributed by atoms with Crippen molar-refractivity contribution in [1.82, 2.24) is 9.80 Å². The zero-order valence-corrected chi connectivity index (χ0v) is 15.4. The molecule has 0 aromatic heterocycles. The fourth-order valence-electron chi connectivity index (χ4n) is 3.21. The first-order chi connectivity index (χ1) is 12.7. The molecule has 1 aliphatic heterocycles. The third-order valence-corrected chi connectivity index (χ3v) is 4.67. The van der Waals surface area contributed by atoms with Gasteiger partial charge in [0.1, 0.15) is 24.2 Å². The summed E-state index contributed by atoms with van der Waals surface area (Å²) in [5, 5.41) is 10.3. The van der Waals surface area contributed by atoms with Gasteiger partial charge in [0.2, 0.25) is 0 Å². The molecule has 5 nitrogen and oxygen atoms in total. The quantitative estimate of drug-likeness (QED) is 0.786. The standard InChI is InChI=1S/C21H28N2O3/c1-25-20-8-5-9-21(14-20)26-17-19(24)16-23-12-10-22(11-13-23)15-18-6-3-2-4-7-18/h2-9,14,19,24H,10-13,15-17H2,1H3. The van der Waals surface area contributed by atoms with Crippen molar-refractivity contribution in [3.05, 3.63) is 60.2 Å². The molecule has 2 aromatic rings. The SMILES string of the molecule is COc1cccc(OCC(O)CN2CCN(Cc3ccccc3)CC2)c1. The van der Waals surface area contributed by atoms with Crippen LogP contribution in [0.25, 0.3) is 0 Å². The molecular weight excluding hydrogens is 328 g/mol. The number of aliphatic hydroxyl groups is 1. The third kappa shape index (κ3) is 5.73. The van der Waals surface area contributed by atoms with E-state index in [0.29, 0.717) is 6.54 Å². The van der Waals surface area contributed by atoms with Gasteiger partial charge in [0.05, 0.1) is 7.11 Å². The smallest absolute Gasteiger partial charge is 0.123 e. The van der Waals surface area contributed by atoms with Crippen LogP contribution < -0.4 is 9.47 Å². The molecular formula is C21H28N2O3. The monoisotopic (exact) mass is 356 g/mol. The second-order valence-electron chi connectivity index (χ2n) is 6.71. The van der Waals surface area contributed by atoms with Crippen LogP contribution in [-0.2, 0) is 6.54 Å². The Hall–Kier alpha value is -2.08. The van der Waals surface area contributed by atoms with Crippen molar-refractivity contribution in [3.63, 3.8) is 0 Å². The van der Waals surface area contributed by atoms with Gasteiger partial charge in [0.15, 0.2) is 0 Å². The maximum Gasteiger partial charge on any atom is 0.123 e. The van der Waals surface area contributed by atoms with Crippen LogP contribution in [0.1, 0.15) is 5.56 Å². The first-order valence-electron chi connectivity index (χ1n) is 9.16. The number of nitrogens with zero attached hydrogens (tertiary/aromatic N) is 2. The van der Waals surface area contributed by atoms with Crippen LogP contribution in [0.5, 0.6) is 11.5 Å². The van der Waals surface area contributed by atoms with E-state index in [1.54, 1.807) is 7.11 Å². The summed E-state index contributed by atoms with van der Waals surface area (Å²) in [6, 6.07) is 18.0. The highest BCUT2D eigenvalue weighted by molar-refractivity contribution is 5.32. The summed E-state index contributed by atoms with van der Waals surface area (Å²) in [5.74, 6) is 1.47. The lowest BCUT2D eigenvalue weighted by molar-refractivity contribution is 0.0446. The minimum atomic E-state index is -0.498. The number of piperazine rings is 1. The average molecular weight is 356 g/mol. The van der Waals surface area contributed by atoms with E-state index >= 15 is 0 Å². The molecule has 0 radical (unpaired) electrons. The van der Waals surface area contributed by atoms with Gasteiger partial charge in [0, 0.05) is 45.3 Å². The molecule has 140 valence electrons. The number of rotatable bonds is 8. The third-order valence-electron chi connectivity index (χ3n) is 4.67. The highest BCUT2D eigenvalue weighted by Crippen LogP contribution is 2.19. The Morgan fingerprint density at radius 1 is 0.923 bits per heavy atom. The maximum atomic E-state index is 10.3. The minimum Gasteiger partial charge on any atom is -0.497 e. The van der Waals surface area contributed by atoms with Gasteiger partial charge in [-0.25, -0.2) is 0 Å². The molecule has 1 unspecified atom stereocenters. The van der Waals surface area contributed by atoms with E-state index in [0.717, 1.165) is 44.2 Å². The Bertz CT molecular complexity index is 657. The molecule has 3 rings (SSSR count). The Balaban J connectivity index is 1.37. The molecule has 5 heteroatoms. The van der Waals surface area contributed by atoms with E-state index in [-0.39, 0.29) is 6.61 Å². The number of aliphatic hydroxyl groups excluding tert-OH is 1. The summed E-state index contributed by atoms with van der Waals surface area (Å²) < 4.78 is 10.9. The number of benzene rings is 2. The van der Waals surface area contributed by atoms with Crippen LogP contribution in [0, 0.1) is 0 Å².